The van der Waals surface area contributed by atoms with Crippen molar-refractivity contribution in [3.05, 3.63) is 89.2 Å². The van der Waals surface area contributed by atoms with Crippen molar-refractivity contribution < 1.29 is 22.3 Å². The van der Waals surface area contributed by atoms with Crippen molar-refractivity contribution in [1.29, 1.82) is 0 Å². The quantitative estimate of drug-likeness (QED) is 0.156. The first-order chi connectivity index (χ1) is 20.6. The van der Waals surface area contributed by atoms with E-state index in [0.29, 0.717) is 0 Å². The summed E-state index contributed by atoms with van der Waals surface area (Å²) in [6.45, 7) is 19.7. The predicted molar refractivity (Wildman–Crippen MR) is 181 cm³/mol. The maximum absolute atomic E-state index is 13.6. The zero-order valence-electron chi connectivity index (χ0n) is 27.8. The summed E-state index contributed by atoms with van der Waals surface area (Å²) in [5.74, 6) is 0.217. The average molecular weight is 618 g/mol. The number of nitrogens with zero attached hydrogens (tertiary/aromatic N) is 2. The molecule has 0 fully saturated rings. The highest BCUT2D eigenvalue weighted by Gasteiger charge is 2.45. The maximum atomic E-state index is 13.6. The number of anilines is 1. The first kappa shape index (κ1) is 33.6. The molecule has 2 aromatic carbocycles. The number of Topliss-reactive ketones (excluding diaryl/α,β-unsaturated/α-hetero) is 1. The number of fused-ring (bicyclic) bond motifs is 2. The van der Waals surface area contributed by atoms with Crippen molar-refractivity contribution in [2.24, 2.45) is 5.92 Å². The molecule has 2 aliphatic heterocycles. The van der Waals surface area contributed by atoms with E-state index in [1.165, 1.54) is 17.2 Å². The summed E-state index contributed by atoms with van der Waals surface area (Å²) in [7, 11) is -4.30. The lowest BCUT2D eigenvalue weighted by Crippen LogP contribution is -2.43. The molecule has 0 bridgehead atoms. The Morgan fingerprint density at radius 3 is 2.30 bits per heavy atom. The number of allylic oxidation sites excluding steroid dienone is 6. The molecule has 0 aliphatic carbocycles. The summed E-state index contributed by atoms with van der Waals surface area (Å²) in [6.07, 6.45) is 13.2. The van der Waals surface area contributed by atoms with Gasteiger partial charge in [0, 0.05) is 40.4 Å². The molecule has 0 radical (unpaired) electrons. The topological polar surface area (TPSA) is 77.7 Å². The minimum Gasteiger partial charge on any atom is -0.333 e. The fraction of sp³-hybridized carbons (Fsp3) is 0.459. The molecule has 0 saturated heterocycles. The third-order valence-electron chi connectivity index (χ3n) is 9.23. The number of aryl methyl sites for hydroxylation is 1. The van der Waals surface area contributed by atoms with Gasteiger partial charge in [0.25, 0.3) is 10.1 Å². The van der Waals surface area contributed by atoms with Crippen LogP contribution in [0.1, 0.15) is 91.3 Å². The van der Waals surface area contributed by atoms with Crippen LogP contribution in [0.5, 0.6) is 0 Å². The van der Waals surface area contributed by atoms with E-state index in [4.69, 9.17) is 0 Å². The Morgan fingerprint density at radius 1 is 0.977 bits per heavy atom. The molecule has 2 aliphatic rings. The summed E-state index contributed by atoms with van der Waals surface area (Å²) >= 11 is 0. The Labute approximate surface area is 264 Å². The van der Waals surface area contributed by atoms with E-state index in [-0.39, 0.29) is 28.1 Å². The van der Waals surface area contributed by atoms with Gasteiger partial charge in [-0.2, -0.15) is 13.0 Å². The van der Waals surface area contributed by atoms with Crippen molar-refractivity contribution in [3.8, 4) is 0 Å². The molecular formula is C37H49N2O4S+. The lowest BCUT2D eigenvalue weighted by molar-refractivity contribution is -0.433. The van der Waals surface area contributed by atoms with Gasteiger partial charge in [0.05, 0.1) is 16.4 Å². The number of carbonyl (C=O) groups is 1. The van der Waals surface area contributed by atoms with Gasteiger partial charge in [-0.1, -0.05) is 83.4 Å². The molecule has 0 aromatic heterocycles. The van der Waals surface area contributed by atoms with Crippen LogP contribution in [0.4, 0.5) is 11.4 Å². The van der Waals surface area contributed by atoms with Crippen molar-refractivity contribution in [3.63, 3.8) is 0 Å². The van der Waals surface area contributed by atoms with Gasteiger partial charge in [-0.25, -0.2) is 0 Å². The molecular weight excluding hydrogens is 568 g/mol. The van der Waals surface area contributed by atoms with E-state index in [0.717, 1.165) is 54.2 Å². The largest absolute Gasteiger partial charge is 0.333 e. The average Bonchev–Trinajstić information content (AvgIpc) is 3.30. The van der Waals surface area contributed by atoms with Crippen LogP contribution < -0.4 is 4.90 Å². The van der Waals surface area contributed by atoms with Gasteiger partial charge in [-0.15, -0.1) is 0 Å². The standard InChI is InChI=1S/C37H48N2O4S/c1-10-12-16-32(35(40)25(3)4)39-31-21-19-26(5)23-28(31)37(8,9)34(39)18-15-13-14-17-33-36(6,7)29-24-27(44(41,42)43)20-22-30(29)38(33)11-2/h13-15,17-25,32H,10-12,16H2,1-9H3/p+1. The van der Waals surface area contributed by atoms with E-state index in [2.05, 4.69) is 94.4 Å². The molecule has 1 N–H and O–H groups in total. The lowest BCUT2D eigenvalue weighted by Gasteiger charge is -2.34. The van der Waals surface area contributed by atoms with Crippen LogP contribution in [0, 0.1) is 12.8 Å². The van der Waals surface area contributed by atoms with Gasteiger partial charge < -0.3 is 4.90 Å². The van der Waals surface area contributed by atoms with E-state index in [9.17, 15) is 17.8 Å². The predicted octanol–water partition coefficient (Wildman–Crippen LogP) is 8.22. The van der Waals surface area contributed by atoms with Crippen molar-refractivity contribution in [2.45, 2.75) is 103 Å². The summed E-state index contributed by atoms with van der Waals surface area (Å²) in [6, 6.07) is 11.2. The van der Waals surface area contributed by atoms with E-state index in [1.54, 1.807) is 12.1 Å². The normalized spacial score (nSPS) is 19.1. The minimum atomic E-state index is -4.30. The van der Waals surface area contributed by atoms with Gasteiger partial charge in [-0.3, -0.25) is 9.35 Å². The number of hydrogen-bond donors (Lipinski definition) is 1. The number of hydrogen-bond acceptors (Lipinski definition) is 4. The highest BCUT2D eigenvalue weighted by atomic mass is 32.2. The molecule has 44 heavy (non-hydrogen) atoms. The smallest absolute Gasteiger partial charge is 0.294 e. The van der Waals surface area contributed by atoms with Crippen LogP contribution in [0.3, 0.4) is 0 Å². The van der Waals surface area contributed by atoms with Crippen molar-refractivity contribution in [2.75, 3.05) is 11.4 Å². The first-order valence-corrected chi connectivity index (χ1v) is 17.3. The fourth-order valence-electron chi connectivity index (χ4n) is 6.75. The second-order valence-corrected chi connectivity index (χ2v) is 14.9. The number of unbranched alkanes of at least 4 members (excludes halogenated alkanes) is 1. The molecule has 2 aromatic rings. The van der Waals surface area contributed by atoms with Gasteiger partial charge in [-0.05, 0) is 64.0 Å². The number of benzene rings is 2. The summed E-state index contributed by atoms with van der Waals surface area (Å²) in [4.78, 5) is 15.8. The molecule has 2 heterocycles. The molecule has 1 atom stereocenters. The van der Waals surface area contributed by atoms with Crippen LogP contribution in [-0.2, 0) is 25.7 Å². The van der Waals surface area contributed by atoms with Gasteiger partial charge in [0.2, 0.25) is 5.69 Å². The highest BCUT2D eigenvalue weighted by Crippen LogP contribution is 2.50. The third kappa shape index (κ3) is 6.14. The summed E-state index contributed by atoms with van der Waals surface area (Å²) in [5.41, 5.74) is 6.82. The minimum absolute atomic E-state index is 0.0554. The van der Waals surface area contributed by atoms with Crippen LogP contribution in [0.2, 0.25) is 0 Å². The molecule has 236 valence electrons. The monoisotopic (exact) mass is 617 g/mol. The van der Waals surface area contributed by atoms with E-state index < -0.39 is 15.5 Å². The first-order valence-electron chi connectivity index (χ1n) is 15.8. The number of rotatable bonds is 11. The second kappa shape index (κ2) is 12.6. The molecule has 0 saturated carbocycles. The highest BCUT2D eigenvalue weighted by molar-refractivity contribution is 7.85. The lowest BCUT2D eigenvalue weighted by atomic mass is 9.81. The number of carbonyl (C=O) groups excluding carboxylic acids is 1. The van der Waals surface area contributed by atoms with Crippen LogP contribution in [0.15, 0.2) is 77.4 Å². The van der Waals surface area contributed by atoms with E-state index >= 15 is 0 Å². The van der Waals surface area contributed by atoms with Crippen molar-refractivity contribution in [1.82, 2.24) is 0 Å². The molecule has 6 nitrogen and oxygen atoms in total. The maximum Gasteiger partial charge on any atom is 0.294 e. The Kier molecular flexibility index (Phi) is 9.62. The Hall–Kier alpha value is -3.29. The second-order valence-electron chi connectivity index (χ2n) is 13.4. The SMILES string of the molecule is CCCCC(C(=O)C(C)C)N1/C(=C/C=C/C=C/C2=[N+](CC)c3ccc(S(=O)(=O)O)cc3C2(C)C)C(C)(C)c2cc(C)ccc21. The third-order valence-corrected chi connectivity index (χ3v) is 10.1. The molecule has 0 amide bonds. The summed E-state index contributed by atoms with van der Waals surface area (Å²) in [5, 5.41) is 0. The van der Waals surface area contributed by atoms with Crippen LogP contribution in [-0.4, -0.2) is 41.6 Å². The van der Waals surface area contributed by atoms with Crippen LogP contribution >= 0.6 is 0 Å². The van der Waals surface area contributed by atoms with Crippen LogP contribution in [0.25, 0.3) is 0 Å². The molecule has 1 unspecified atom stereocenters. The Morgan fingerprint density at radius 2 is 1.68 bits per heavy atom. The molecule has 0 spiro atoms. The zero-order valence-corrected chi connectivity index (χ0v) is 28.6. The van der Waals surface area contributed by atoms with E-state index in [1.807, 2.05) is 26.0 Å². The Balaban J connectivity index is 1.72. The summed E-state index contributed by atoms with van der Waals surface area (Å²) < 4.78 is 35.5. The number of ketones is 1. The van der Waals surface area contributed by atoms with Gasteiger partial charge in [0.15, 0.2) is 11.5 Å². The molecule has 4 rings (SSSR count). The Bertz CT molecular complexity index is 1670. The molecule has 7 heteroatoms. The van der Waals surface area contributed by atoms with Gasteiger partial charge >= 0.3 is 0 Å². The van der Waals surface area contributed by atoms with Gasteiger partial charge in [0.1, 0.15) is 6.54 Å². The van der Waals surface area contributed by atoms with Crippen molar-refractivity contribution >= 4 is 33.0 Å². The fourth-order valence-corrected chi connectivity index (χ4v) is 7.25. The zero-order chi connectivity index (χ0) is 32.6.